The molecule has 5 rings (SSSR count). The van der Waals surface area contributed by atoms with E-state index in [-0.39, 0.29) is 5.54 Å². The van der Waals surface area contributed by atoms with Gasteiger partial charge in [-0.25, -0.2) is 4.98 Å². The fraction of sp³-hybridized carbons (Fsp3) is 0.611. The van der Waals surface area contributed by atoms with Gasteiger partial charge in [-0.15, -0.1) is 0 Å². The van der Waals surface area contributed by atoms with Crippen LogP contribution < -0.4 is 10.6 Å². The molecule has 5 nitrogen and oxygen atoms in total. The number of ether oxygens (including phenoxy) is 1. The van der Waals surface area contributed by atoms with E-state index in [9.17, 15) is 0 Å². The number of benzene rings is 1. The van der Waals surface area contributed by atoms with Crippen molar-refractivity contribution in [3.63, 3.8) is 0 Å². The van der Waals surface area contributed by atoms with Crippen LogP contribution in [0.2, 0.25) is 5.02 Å². The lowest BCUT2D eigenvalue weighted by Gasteiger charge is -2.31. The molecule has 2 aromatic rings. The summed E-state index contributed by atoms with van der Waals surface area (Å²) in [5.74, 6) is 3.46. The number of hydrogen-bond donors (Lipinski definition) is 3. The van der Waals surface area contributed by atoms with Crippen LogP contribution in [0.5, 0.6) is 0 Å². The van der Waals surface area contributed by atoms with Crippen molar-refractivity contribution in [2.24, 2.45) is 17.8 Å². The topological polar surface area (TPSA) is 62.0 Å². The molecule has 3 fully saturated rings. The molecule has 3 N–H and O–H groups in total. The molecule has 24 heavy (non-hydrogen) atoms. The van der Waals surface area contributed by atoms with Crippen LogP contribution in [0.25, 0.3) is 11.0 Å². The van der Waals surface area contributed by atoms with Crippen molar-refractivity contribution < 1.29 is 4.74 Å². The minimum absolute atomic E-state index is 0.213. The lowest BCUT2D eigenvalue weighted by atomic mass is 9.95. The number of aromatic nitrogens is 2. The summed E-state index contributed by atoms with van der Waals surface area (Å²) in [5, 5.41) is 8.11. The Hall–Kier alpha value is -1.14. The van der Waals surface area contributed by atoms with Crippen LogP contribution >= 0.6 is 11.6 Å². The first-order chi connectivity index (χ1) is 11.7. The van der Waals surface area contributed by atoms with E-state index in [0.29, 0.717) is 12.6 Å². The van der Waals surface area contributed by atoms with E-state index in [4.69, 9.17) is 21.3 Å². The van der Waals surface area contributed by atoms with Gasteiger partial charge in [0.1, 0.15) is 11.4 Å². The molecule has 1 aromatic carbocycles. The zero-order chi connectivity index (χ0) is 16.3. The van der Waals surface area contributed by atoms with Gasteiger partial charge in [-0.3, -0.25) is 0 Å². The first kappa shape index (κ1) is 15.1. The van der Waals surface area contributed by atoms with Crippen LogP contribution in [0.1, 0.15) is 19.2 Å². The second-order valence-corrected chi connectivity index (χ2v) is 8.06. The minimum Gasteiger partial charge on any atom is -0.379 e. The molecule has 2 saturated heterocycles. The number of H-pyrrole nitrogens is 1. The monoisotopic (exact) mass is 346 g/mol. The normalized spacial score (nSPS) is 36.2. The first-order valence-corrected chi connectivity index (χ1v) is 9.26. The summed E-state index contributed by atoms with van der Waals surface area (Å²) in [6.07, 6.45) is 0.950. The molecular weight excluding hydrogens is 324 g/mol. The van der Waals surface area contributed by atoms with E-state index in [1.54, 1.807) is 0 Å². The van der Waals surface area contributed by atoms with Gasteiger partial charge in [0.25, 0.3) is 0 Å². The lowest BCUT2D eigenvalue weighted by molar-refractivity contribution is 0.154. The maximum absolute atomic E-state index is 6.12. The van der Waals surface area contributed by atoms with Gasteiger partial charge in [0.05, 0.1) is 17.6 Å². The van der Waals surface area contributed by atoms with Gasteiger partial charge in [-0.1, -0.05) is 11.6 Å². The Morgan fingerprint density at radius 3 is 2.96 bits per heavy atom. The van der Waals surface area contributed by atoms with Crippen molar-refractivity contribution in [2.45, 2.75) is 24.9 Å². The number of imidazole rings is 1. The molecule has 0 spiro atoms. The molecule has 0 radical (unpaired) electrons. The Morgan fingerprint density at radius 1 is 1.38 bits per heavy atom. The highest BCUT2D eigenvalue weighted by Crippen LogP contribution is 2.51. The van der Waals surface area contributed by atoms with Crippen molar-refractivity contribution in [1.82, 2.24) is 20.6 Å². The fourth-order valence-electron chi connectivity index (χ4n) is 4.88. The van der Waals surface area contributed by atoms with Gasteiger partial charge >= 0.3 is 0 Å². The van der Waals surface area contributed by atoms with Crippen LogP contribution in [0.15, 0.2) is 18.2 Å². The van der Waals surface area contributed by atoms with Gasteiger partial charge < -0.3 is 20.4 Å². The molecule has 3 aliphatic rings. The molecule has 4 atom stereocenters. The molecular formula is C18H23ClN4O. The van der Waals surface area contributed by atoms with Crippen molar-refractivity contribution in [3.8, 4) is 0 Å². The molecule has 4 unspecified atom stereocenters. The number of halogens is 1. The van der Waals surface area contributed by atoms with Crippen LogP contribution in [-0.2, 0) is 10.3 Å². The van der Waals surface area contributed by atoms with Crippen molar-refractivity contribution in [3.05, 3.63) is 29.0 Å². The summed E-state index contributed by atoms with van der Waals surface area (Å²) in [6, 6.07) is 6.28. The third-order valence-electron chi connectivity index (χ3n) is 6.16. The predicted octanol–water partition coefficient (Wildman–Crippen LogP) is 2.28. The highest BCUT2D eigenvalue weighted by Gasteiger charge is 2.56. The van der Waals surface area contributed by atoms with Gasteiger partial charge in [-0.2, -0.15) is 0 Å². The quantitative estimate of drug-likeness (QED) is 0.794. The van der Waals surface area contributed by atoms with Gasteiger partial charge in [0.2, 0.25) is 0 Å². The van der Waals surface area contributed by atoms with E-state index in [1.807, 2.05) is 18.2 Å². The summed E-state index contributed by atoms with van der Waals surface area (Å²) in [7, 11) is 0. The second-order valence-electron chi connectivity index (χ2n) is 7.63. The summed E-state index contributed by atoms with van der Waals surface area (Å²) in [6.45, 7) is 6.12. The molecule has 1 aromatic heterocycles. The number of nitrogens with one attached hydrogen (secondary N) is 3. The van der Waals surface area contributed by atoms with Crippen LogP contribution in [-0.4, -0.2) is 42.3 Å². The van der Waals surface area contributed by atoms with Gasteiger partial charge in [0, 0.05) is 17.7 Å². The summed E-state index contributed by atoms with van der Waals surface area (Å²) in [5.41, 5.74) is 1.74. The largest absolute Gasteiger partial charge is 0.379 e. The Balaban J connectivity index is 1.44. The number of hydrogen-bond acceptors (Lipinski definition) is 4. The molecule has 1 saturated carbocycles. The van der Waals surface area contributed by atoms with Gasteiger partial charge in [-0.05, 0) is 62.4 Å². The molecule has 0 bridgehead atoms. The van der Waals surface area contributed by atoms with E-state index in [1.165, 1.54) is 13.1 Å². The maximum Gasteiger partial charge on any atom is 0.130 e. The van der Waals surface area contributed by atoms with E-state index in [0.717, 1.165) is 52.7 Å². The van der Waals surface area contributed by atoms with Crippen LogP contribution in [0.3, 0.4) is 0 Å². The Bertz CT molecular complexity index is 759. The highest BCUT2D eigenvalue weighted by atomic mass is 35.5. The molecule has 0 amide bonds. The van der Waals surface area contributed by atoms with Crippen molar-refractivity contribution >= 4 is 22.6 Å². The summed E-state index contributed by atoms with van der Waals surface area (Å²) in [4.78, 5) is 8.33. The van der Waals surface area contributed by atoms with Crippen LogP contribution in [0, 0.1) is 17.8 Å². The summed E-state index contributed by atoms with van der Waals surface area (Å²) < 4.78 is 5.77. The second kappa shape index (κ2) is 5.43. The molecule has 6 heteroatoms. The minimum atomic E-state index is -0.213. The lowest BCUT2D eigenvalue weighted by Crippen LogP contribution is -2.50. The number of fused-ring (bicyclic) bond motifs is 2. The zero-order valence-corrected chi connectivity index (χ0v) is 14.6. The van der Waals surface area contributed by atoms with Crippen molar-refractivity contribution in [2.75, 3.05) is 26.3 Å². The maximum atomic E-state index is 6.12. The number of nitrogens with zero attached hydrogens (tertiary/aromatic N) is 1. The smallest absolute Gasteiger partial charge is 0.130 e. The fourth-order valence-corrected chi connectivity index (χ4v) is 5.05. The molecule has 128 valence electrons. The van der Waals surface area contributed by atoms with Crippen LogP contribution in [0.4, 0.5) is 0 Å². The highest BCUT2D eigenvalue weighted by molar-refractivity contribution is 6.31. The number of rotatable bonds is 4. The Morgan fingerprint density at radius 2 is 2.21 bits per heavy atom. The molecule has 1 aliphatic carbocycles. The Labute approximate surface area is 146 Å². The number of aromatic amines is 1. The third-order valence-corrected chi connectivity index (χ3v) is 6.39. The zero-order valence-electron chi connectivity index (χ0n) is 13.8. The average molecular weight is 347 g/mol. The first-order valence-electron chi connectivity index (χ1n) is 8.88. The standard InChI is InChI=1S/C18H23ClN4O/c1-10(16-12-7-20-8-13(12)16)23-18(4-5-24-9-18)17-21-14-3-2-11(19)6-15(14)22-17/h2-3,6,10,12-13,16,20,23H,4-5,7-9H2,1H3,(H,21,22). The molecule has 2 aliphatic heterocycles. The SMILES string of the molecule is CC(NC1(c2nc3ccc(Cl)cc3[nH]2)CCOC1)C1C2CNCC21. The molecule has 3 heterocycles. The summed E-state index contributed by atoms with van der Waals surface area (Å²) >= 11 is 6.12. The van der Waals surface area contributed by atoms with E-state index in [2.05, 4.69) is 22.5 Å². The van der Waals surface area contributed by atoms with Gasteiger partial charge in [0.15, 0.2) is 0 Å². The average Bonchev–Trinajstić information content (AvgIpc) is 3.04. The Kier molecular flexibility index (Phi) is 3.42. The van der Waals surface area contributed by atoms with Crippen molar-refractivity contribution in [1.29, 1.82) is 0 Å². The number of piperidine rings is 1. The predicted molar refractivity (Wildman–Crippen MR) is 94.2 cm³/mol. The van der Waals surface area contributed by atoms with E-state index >= 15 is 0 Å². The van der Waals surface area contributed by atoms with E-state index < -0.39 is 0 Å². The third kappa shape index (κ3) is 2.30.